The molecule has 0 spiro atoms. The molecule has 1 unspecified atom stereocenters. The molecule has 2 heteroatoms. The third-order valence-electron chi connectivity index (χ3n) is 2.89. The maximum atomic E-state index is 11.3. The number of carbonyl (C=O) groups is 1. The number of carbonyl (C=O) groups excluding carboxylic acids is 1. The molecule has 1 aliphatic carbocycles. The zero-order chi connectivity index (χ0) is 10.8. The standard InChI is InChI=1S/C13H17NO/c1-9(14)6-10-2-3-12-8-13(15)5-4-11(12)7-10/h2-3,7,9H,4-6,8,14H2,1H3. The summed E-state index contributed by atoms with van der Waals surface area (Å²) >= 11 is 0. The van der Waals surface area contributed by atoms with Crippen molar-refractivity contribution in [3.8, 4) is 0 Å². The fourth-order valence-corrected chi connectivity index (χ4v) is 2.16. The lowest BCUT2D eigenvalue weighted by atomic mass is 9.89. The van der Waals surface area contributed by atoms with Crippen LogP contribution in [0.3, 0.4) is 0 Å². The van der Waals surface area contributed by atoms with Gasteiger partial charge in [-0.05, 0) is 36.5 Å². The molecule has 2 rings (SSSR count). The predicted octanol–water partition coefficient (Wildman–Crippen LogP) is 1.63. The summed E-state index contributed by atoms with van der Waals surface area (Å²) in [4.78, 5) is 11.3. The van der Waals surface area contributed by atoms with Gasteiger partial charge in [-0.25, -0.2) is 0 Å². The van der Waals surface area contributed by atoms with Crippen molar-refractivity contribution in [3.05, 3.63) is 34.9 Å². The van der Waals surface area contributed by atoms with Gasteiger partial charge in [0, 0.05) is 18.9 Å². The minimum absolute atomic E-state index is 0.202. The molecular formula is C13H17NO. The highest BCUT2D eigenvalue weighted by Crippen LogP contribution is 2.20. The van der Waals surface area contributed by atoms with Crippen LogP contribution >= 0.6 is 0 Å². The number of aryl methyl sites for hydroxylation is 1. The Morgan fingerprint density at radius 2 is 2.13 bits per heavy atom. The highest BCUT2D eigenvalue weighted by Gasteiger charge is 2.15. The van der Waals surface area contributed by atoms with Gasteiger partial charge in [-0.3, -0.25) is 4.79 Å². The Morgan fingerprint density at radius 1 is 1.33 bits per heavy atom. The summed E-state index contributed by atoms with van der Waals surface area (Å²) in [7, 11) is 0. The first kappa shape index (κ1) is 10.4. The number of benzene rings is 1. The van der Waals surface area contributed by atoms with E-state index in [0.717, 1.165) is 12.8 Å². The molecule has 80 valence electrons. The van der Waals surface area contributed by atoms with E-state index in [2.05, 4.69) is 18.2 Å². The molecule has 0 saturated heterocycles. The summed E-state index contributed by atoms with van der Waals surface area (Å²) in [6, 6.07) is 6.60. The quantitative estimate of drug-likeness (QED) is 0.794. The van der Waals surface area contributed by atoms with Crippen molar-refractivity contribution in [1.82, 2.24) is 0 Å². The molecule has 0 amide bonds. The number of hydrogen-bond acceptors (Lipinski definition) is 2. The van der Waals surface area contributed by atoms with E-state index in [1.165, 1.54) is 16.7 Å². The fourth-order valence-electron chi connectivity index (χ4n) is 2.16. The van der Waals surface area contributed by atoms with Crippen LogP contribution in [0.4, 0.5) is 0 Å². The van der Waals surface area contributed by atoms with Crippen LogP contribution < -0.4 is 5.73 Å². The van der Waals surface area contributed by atoms with E-state index in [9.17, 15) is 4.79 Å². The molecule has 0 saturated carbocycles. The van der Waals surface area contributed by atoms with Gasteiger partial charge >= 0.3 is 0 Å². The van der Waals surface area contributed by atoms with E-state index >= 15 is 0 Å². The lowest BCUT2D eigenvalue weighted by molar-refractivity contribution is -0.118. The number of nitrogens with two attached hydrogens (primary N) is 1. The molecule has 2 nitrogen and oxygen atoms in total. The Morgan fingerprint density at radius 3 is 2.87 bits per heavy atom. The average molecular weight is 203 g/mol. The molecule has 1 aliphatic rings. The van der Waals surface area contributed by atoms with Crippen molar-refractivity contribution in [2.75, 3.05) is 0 Å². The van der Waals surface area contributed by atoms with E-state index in [0.29, 0.717) is 18.6 Å². The minimum Gasteiger partial charge on any atom is -0.328 e. The van der Waals surface area contributed by atoms with Crippen LogP contribution in [0.1, 0.15) is 30.0 Å². The Labute approximate surface area is 90.5 Å². The van der Waals surface area contributed by atoms with E-state index in [1.54, 1.807) is 0 Å². The van der Waals surface area contributed by atoms with Crippen LogP contribution in [0.15, 0.2) is 18.2 Å². The number of Topliss-reactive ketones (excluding diaryl/α,β-unsaturated/α-hetero) is 1. The highest BCUT2D eigenvalue weighted by molar-refractivity contribution is 5.83. The van der Waals surface area contributed by atoms with E-state index in [4.69, 9.17) is 5.73 Å². The third kappa shape index (κ3) is 2.45. The smallest absolute Gasteiger partial charge is 0.137 e. The molecule has 15 heavy (non-hydrogen) atoms. The Kier molecular flexibility index (Phi) is 2.87. The Balaban J connectivity index is 2.23. The van der Waals surface area contributed by atoms with Gasteiger partial charge in [0.25, 0.3) is 0 Å². The van der Waals surface area contributed by atoms with Gasteiger partial charge in [0.15, 0.2) is 0 Å². The number of hydrogen-bond donors (Lipinski definition) is 1. The number of fused-ring (bicyclic) bond motifs is 1. The Hall–Kier alpha value is -1.15. The summed E-state index contributed by atoms with van der Waals surface area (Å²) in [6.07, 6.45) is 3.14. The zero-order valence-electron chi connectivity index (χ0n) is 9.12. The second kappa shape index (κ2) is 4.15. The van der Waals surface area contributed by atoms with Crippen LogP contribution in [0.2, 0.25) is 0 Å². The monoisotopic (exact) mass is 203 g/mol. The molecule has 1 atom stereocenters. The topological polar surface area (TPSA) is 43.1 Å². The predicted molar refractivity (Wildman–Crippen MR) is 60.8 cm³/mol. The second-order valence-corrected chi connectivity index (χ2v) is 4.50. The van der Waals surface area contributed by atoms with Crippen molar-refractivity contribution in [3.63, 3.8) is 0 Å². The van der Waals surface area contributed by atoms with Crippen molar-refractivity contribution in [2.24, 2.45) is 5.73 Å². The summed E-state index contributed by atoms with van der Waals surface area (Å²) in [6.45, 7) is 2.02. The zero-order valence-corrected chi connectivity index (χ0v) is 9.12. The van der Waals surface area contributed by atoms with Crippen molar-refractivity contribution in [1.29, 1.82) is 0 Å². The van der Waals surface area contributed by atoms with Gasteiger partial charge in [-0.2, -0.15) is 0 Å². The summed E-state index contributed by atoms with van der Waals surface area (Å²) in [5.41, 5.74) is 9.61. The second-order valence-electron chi connectivity index (χ2n) is 4.50. The first-order chi connectivity index (χ1) is 7.15. The van der Waals surface area contributed by atoms with Gasteiger partial charge in [-0.1, -0.05) is 18.2 Å². The third-order valence-corrected chi connectivity index (χ3v) is 2.89. The highest BCUT2D eigenvalue weighted by atomic mass is 16.1. The van der Waals surface area contributed by atoms with Gasteiger partial charge in [0.05, 0.1) is 0 Å². The number of ketones is 1. The number of rotatable bonds is 2. The lowest BCUT2D eigenvalue weighted by Crippen LogP contribution is -2.19. The Bertz CT molecular complexity index is 382. The molecular weight excluding hydrogens is 186 g/mol. The van der Waals surface area contributed by atoms with Gasteiger partial charge in [0.2, 0.25) is 0 Å². The SMILES string of the molecule is CC(N)Cc1ccc2c(c1)CCC(=O)C2. The van der Waals surface area contributed by atoms with E-state index in [1.807, 2.05) is 6.92 Å². The molecule has 1 aromatic rings. The molecule has 0 radical (unpaired) electrons. The van der Waals surface area contributed by atoms with Gasteiger partial charge < -0.3 is 5.73 Å². The first-order valence-corrected chi connectivity index (χ1v) is 5.53. The molecule has 2 N–H and O–H groups in total. The normalized spacial score (nSPS) is 17.3. The molecule has 0 heterocycles. The largest absolute Gasteiger partial charge is 0.328 e. The van der Waals surface area contributed by atoms with Gasteiger partial charge in [-0.15, -0.1) is 0 Å². The molecule has 0 fully saturated rings. The fraction of sp³-hybridized carbons (Fsp3) is 0.462. The van der Waals surface area contributed by atoms with E-state index < -0.39 is 0 Å². The van der Waals surface area contributed by atoms with Crippen molar-refractivity contribution in [2.45, 2.75) is 38.6 Å². The molecule has 0 aliphatic heterocycles. The summed E-state index contributed by atoms with van der Waals surface area (Å²) in [5.74, 6) is 0.363. The van der Waals surface area contributed by atoms with Gasteiger partial charge in [0.1, 0.15) is 5.78 Å². The maximum Gasteiger partial charge on any atom is 0.137 e. The van der Waals surface area contributed by atoms with Crippen molar-refractivity contribution < 1.29 is 4.79 Å². The first-order valence-electron chi connectivity index (χ1n) is 5.53. The van der Waals surface area contributed by atoms with Crippen LogP contribution in [0.25, 0.3) is 0 Å². The van der Waals surface area contributed by atoms with Crippen LogP contribution in [-0.4, -0.2) is 11.8 Å². The average Bonchev–Trinajstić information content (AvgIpc) is 2.17. The van der Waals surface area contributed by atoms with Crippen molar-refractivity contribution >= 4 is 5.78 Å². The molecule has 0 bridgehead atoms. The summed E-state index contributed by atoms with van der Waals surface area (Å²) < 4.78 is 0. The summed E-state index contributed by atoms with van der Waals surface area (Å²) in [5, 5.41) is 0. The van der Waals surface area contributed by atoms with Crippen LogP contribution in [-0.2, 0) is 24.1 Å². The minimum atomic E-state index is 0.202. The van der Waals surface area contributed by atoms with Crippen LogP contribution in [0.5, 0.6) is 0 Å². The maximum absolute atomic E-state index is 11.3. The molecule has 1 aromatic carbocycles. The van der Waals surface area contributed by atoms with Crippen LogP contribution in [0, 0.1) is 0 Å². The molecule has 0 aromatic heterocycles. The lowest BCUT2D eigenvalue weighted by Gasteiger charge is -2.16. The van der Waals surface area contributed by atoms with E-state index in [-0.39, 0.29) is 6.04 Å².